The van der Waals surface area contributed by atoms with E-state index >= 15 is 0 Å². The Morgan fingerprint density at radius 1 is 1.11 bits per heavy atom. The molecule has 1 amide bonds. The van der Waals surface area contributed by atoms with Crippen LogP contribution in [0.3, 0.4) is 0 Å². The van der Waals surface area contributed by atoms with Gasteiger partial charge in [-0.15, -0.1) is 0 Å². The van der Waals surface area contributed by atoms with Crippen molar-refractivity contribution in [2.45, 2.75) is 13.0 Å². The van der Waals surface area contributed by atoms with Crippen LogP contribution in [0.5, 0.6) is 0 Å². The highest BCUT2D eigenvalue weighted by atomic mass is 16.1. The molecular weight excluding hydrogens is 224 g/mol. The van der Waals surface area contributed by atoms with Crippen molar-refractivity contribution in [1.29, 1.82) is 0 Å². The molecule has 0 saturated carbocycles. The van der Waals surface area contributed by atoms with Crippen molar-refractivity contribution in [3.8, 4) is 0 Å². The van der Waals surface area contributed by atoms with Crippen LogP contribution in [0, 0.1) is 0 Å². The number of hydrogen-bond acceptors (Lipinski definition) is 2. The molecule has 2 aromatic carbocycles. The van der Waals surface area contributed by atoms with E-state index in [4.69, 9.17) is 5.73 Å². The molecule has 2 aromatic rings. The van der Waals surface area contributed by atoms with E-state index in [1.54, 1.807) is 12.1 Å². The van der Waals surface area contributed by atoms with Gasteiger partial charge in [-0.2, -0.15) is 0 Å². The molecule has 0 aliphatic rings. The SMILES string of the molecule is CC(NC(=O)c1ccccc1)c1cccc(N)c1. The van der Waals surface area contributed by atoms with Crippen molar-refractivity contribution >= 4 is 11.6 Å². The third-order valence-electron chi connectivity index (χ3n) is 2.79. The van der Waals surface area contributed by atoms with E-state index in [1.807, 2.05) is 49.4 Å². The van der Waals surface area contributed by atoms with Crippen molar-refractivity contribution in [2.24, 2.45) is 0 Å². The monoisotopic (exact) mass is 240 g/mol. The van der Waals surface area contributed by atoms with Crippen LogP contribution in [-0.4, -0.2) is 5.91 Å². The summed E-state index contributed by atoms with van der Waals surface area (Å²) in [5, 5.41) is 2.95. The molecule has 0 fully saturated rings. The summed E-state index contributed by atoms with van der Waals surface area (Å²) in [6.45, 7) is 1.94. The smallest absolute Gasteiger partial charge is 0.251 e. The average Bonchev–Trinajstić information content (AvgIpc) is 2.39. The number of carbonyl (C=O) groups excluding carboxylic acids is 1. The molecule has 0 aliphatic heterocycles. The first kappa shape index (κ1) is 12.2. The molecule has 18 heavy (non-hydrogen) atoms. The Hall–Kier alpha value is -2.29. The minimum Gasteiger partial charge on any atom is -0.399 e. The van der Waals surface area contributed by atoms with Gasteiger partial charge < -0.3 is 11.1 Å². The minimum atomic E-state index is -0.0782. The molecule has 92 valence electrons. The topological polar surface area (TPSA) is 55.1 Å². The molecule has 3 heteroatoms. The van der Waals surface area contributed by atoms with Crippen LogP contribution < -0.4 is 11.1 Å². The lowest BCUT2D eigenvalue weighted by Gasteiger charge is -2.14. The minimum absolute atomic E-state index is 0.0683. The molecule has 0 aliphatic carbocycles. The summed E-state index contributed by atoms with van der Waals surface area (Å²) >= 11 is 0. The molecule has 1 unspecified atom stereocenters. The fourth-order valence-electron chi connectivity index (χ4n) is 1.78. The fraction of sp³-hybridized carbons (Fsp3) is 0.133. The first-order valence-corrected chi connectivity index (χ1v) is 5.88. The maximum absolute atomic E-state index is 12.0. The van der Waals surface area contributed by atoms with Crippen molar-refractivity contribution in [1.82, 2.24) is 5.32 Å². The predicted molar refractivity (Wildman–Crippen MR) is 73.2 cm³/mol. The largest absolute Gasteiger partial charge is 0.399 e. The van der Waals surface area contributed by atoms with Gasteiger partial charge in [0, 0.05) is 11.3 Å². The van der Waals surface area contributed by atoms with Crippen molar-refractivity contribution in [3.05, 3.63) is 65.7 Å². The standard InChI is InChI=1S/C15H16N2O/c1-11(13-8-5-9-14(16)10-13)17-15(18)12-6-3-2-4-7-12/h2-11H,16H2,1H3,(H,17,18). The first-order chi connectivity index (χ1) is 8.66. The van der Waals surface area contributed by atoms with Gasteiger partial charge in [-0.3, -0.25) is 4.79 Å². The maximum atomic E-state index is 12.0. The van der Waals surface area contributed by atoms with E-state index < -0.39 is 0 Å². The summed E-state index contributed by atoms with van der Waals surface area (Å²) in [5.41, 5.74) is 8.09. The average molecular weight is 240 g/mol. The number of anilines is 1. The quantitative estimate of drug-likeness (QED) is 0.810. The fourth-order valence-corrected chi connectivity index (χ4v) is 1.78. The van der Waals surface area contributed by atoms with Crippen LogP contribution >= 0.6 is 0 Å². The van der Waals surface area contributed by atoms with Gasteiger partial charge in [0.05, 0.1) is 6.04 Å². The van der Waals surface area contributed by atoms with E-state index in [0.29, 0.717) is 11.3 Å². The van der Waals surface area contributed by atoms with Crippen LogP contribution in [-0.2, 0) is 0 Å². The normalized spacial score (nSPS) is 11.8. The van der Waals surface area contributed by atoms with E-state index in [2.05, 4.69) is 5.32 Å². The molecule has 3 nitrogen and oxygen atoms in total. The van der Waals surface area contributed by atoms with Crippen molar-refractivity contribution in [2.75, 3.05) is 5.73 Å². The Kier molecular flexibility index (Phi) is 3.63. The highest BCUT2D eigenvalue weighted by molar-refractivity contribution is 5.94. The van der Waals surface area contributed by atoms with Crippen LogP contribution in [0.25, 0.3) is 0 Å². The van der Waals surface area contributed by atoms with E-state index in [1.165, 1.54) is 0 Å². The number of benzene rings is 2. The van der Waals surface area contributed by atoms with E-state index in [-0.39, 0.29) is 11.9 Å². The molecule has 1 atom stereocenters. The number of hydrogen-bond donors (Lipinski definition) is 2. The summed E-state index contributed by atoms with van der Waals surface area (Å²) in [5.74, 6) is -0.0782. The van der Waals surface area contributed by atoms with Gasteiger partial charge in [0.2, 0.25) is 0 Å². The first-order valence-electron chi connectivity index (χ1n) is 5.88. The Balaban J connectivity index is 2.08. The number of nitrogens with one attached hydrogen (secondary N) is 1. The van der Waals surface area contributed by atoms with E-state index in [0.717, 1.165) is 5.56 Å². The van der Waals surface area contributed by atoms with Crippen molar-refractivity contribution in [3.63, 3.8) is 0 Å². The van der Waals surface area contributed by atoms with Crippen LogP contribution in [0.1, 0.15) is 28.9 Å². The lowest BCUT2D eigenvalue weighted by atomic mass is 10.1. The zero-order valence-electron chi connectivity index (χ0n) is 10.3. The molecular formula is C15H16N2O. The summed E-state index contributed by atoms with van der Waals surface area (Å²) < 4.78 is 0. The Morgan fingerprint density at radius 3 is 2.50 bits per heavy atom. The summed E-state index contributed by atoms with van der Waals surface area (Å²) in [6, 6.07) is 16.6. The molecule has 0 spiro atoms. The van der Waals surface area contributed by atoms with Crippen LogP contribution in [0.2, 0.25) is 0 Å². The Morgan fingerprint density at radius 2 is 1.83 bits per heavy atom. The van der Waals surface area contributed by atoms with Crippen LogP contribution in [0.4, 0.5) is 5.69 Å². The third kappa shape index (κ3) is 2.88. The highest BCUT2D eigenvalue weighted by Crippen LogP contribution is 2.15. The second kappa shape index (κ2) is 5.36. The zero-order chi connectivity index (χ0) is 13.0. The molecule has 0 saturated heterocycles. The number of nitrogen functional groups attached to an aromatic ring is 1. The maximum Gasteiger partial charge on any atom is 0.251 e. The third-order valence-corrected chi connectivity index (χ3v) is 2.79. The van der Waals surface area contributed by atoms with Gasteiger partial charge >= 0.3 is 0 Å². The van der Waals surface area contributed by atoms with Gasteiger partial charge in [-0.05, 0) is 36.8 Å². The predicted octanol–water partition coefficient (Wildman–Crippen LogP) is 2.76. The molecule has 3 N–H and O–H groups in total. The number of nitrogens with two attached hydrogens (primary N) is 1. The second-order valence-electron chi connectivity index (χ2n) is 4.23. The van der Waals surface area contributed by atoms with Gasteiger partial charge in [-0.1, -0.05) is 30.3 Å². The Bertz CT molecular complexity index is 537. The summed E-state index contributed by atoms with van der Waals surface area (Å²) in [6.07, 6.45) is 0. The highest BCUT2D eigenvalue weighted by Gasteiger charge is 2.10. The Labute approximate surface area is 107 Å². The molecule has 0 heterocycles. The van der Waals surface area contributed by atoms with Crippen molar-refractivity contribution < 1.29 is 4.79 Å². The molecule has 0 radical (unpaired) electrons. The molecule has 0 bridgehead atoms. The summed E-state index contributed by atoms with van der Waals surface area (Å²) in [7, 11) is 0. The van der Waals surface area contributed by atoms with E-state index in [9.17, 15) is 4.79 Å². The van der Waals surface area contributed by atoms with Gasteiger partial charge in [0.15, 0.2) is 0 Å². The van der Waals surface area contributed by atoms with Crippen LogP contribution in [0.15, 0.2) is 54.6 Å². The summed E-state index contributed by atoms with van der Waals surface area (Å²) in [4.78, 5) is 12.0. The van der Waals surface area contributed by atoms with Gasteiger partial charge in [0.25, 0.3) is 5.91 Å². The zero-order valence-corrected chi connectivity index (χ0v) is 10.3. The lowest BCUT2D eigenvalue weighted by Crippen LogP contribution is -2.26. The van der Waals surface area contributed by atoms with Gasteiger partial charge in [0.1, 0.15) is 0 Å². The second-order valence-corrected chi connectivity index (χ2v) is 4.23. The lowest BCUT2D eigenvalue weighted by molar-refractivity contribution is 0.0940. The number of rotatable bonds is 3. The number of amides is 1. The van der Waals surface area contributed by atoms with Gasteiger partial charge in [-0.25, -0.2) is 0 Å². The number of carbonyl (C=O) groups is 1. The molecule has 0 aromatic heterocycles. The molecule has 2 rings (SSSR count).